The van der Waals surface area contributed by atoms with E-state index in [1.165, 1.54) is 21.4 Å². The number of carbonyl (C=O) groups is 1. The van der Waals surface area contributed by atoms with Gasteiger partial charge in [0.1, 0.15) is 4.90 Å². The van der Waals surface area contributed by atoms with Crippen LogP contribution in [0.3, 0.4) is 0 Å². The molecule has 1 aromatic carbocycles. The van der Waals surface area contributed by atoms with Gasteiger partial charge in [0.05, 0.1) is 6.20 Å². The highest BCUT2D eigenvalue weighted by molar-refractivity contribution is 7.89. The molecule has 1 fully saturated rings. The van der Waals surface area contributed by atoms with Crippen molar-refractivity contribution in [3.8, 4) is 0 Å². The van der Waals surface area contributed by atoms with E-state index in [4.69, 9.17) is 0 Å². The fourth-order valence-corrected chi connectivity index (χ4v) is 4.40. The number of amides is 2. The van der Waals surface area contributed by atoms with Gasteiger partial charge in [-0.25, -0.2) is 13.2 Å². The summed E-state index contributed by atoms with van der Waals surface area (Å²) in [6, 6.07) is 7.37. The lowest BCUT2D eigenvalue weighted by Gasteiger charge is -2.22. The van der Waals surface area contributed by atoms with E-state index >= 15 is 0 Å². The molecule has 2 aromatic rings. The van der Waals surface area contributed by atoms with Gasteiger partial charge in [0, 0.05) is 45.1 Å². The first-order chi connectivity index (χ1) is 12.4. The first-order valence-electron chi connectivity index (χ1n) is 8.48. The van der Waals surface area contributed by atoms with Crippen LogP contribution in [0, 0.1) is 6.92 Å². The summed E-state index contributed by atoms with van der Waals surface area (Å²) >= 11 is 0. The van der Waals surface area contributed by atoms with Crippen LogP contribution in [0.1, 0.15) is 12.0 Å². The molecular weight excluding hydrogens is 354 g/mol. The zero-order valence-electron chi connectivity index (χ0n) is 14.9. The Bertz CT molecular complexity index is 893. The summed E-state index contributed by atoms with van der Waals surface area (Å²) in [7, 11) is -1.91. The van der Waals surface area contributed by atoms with Gasteiger partial charge in [-0.3, -0.25) is 4.68 Å². The lowest BCUT2D eigenvalue weighted by Crippen LogP contribution is -2.39. The number of aromatic nitrogens is 2. The molecule has 2 amide bonds. The van der Waals surface area contributed by atoms with Crippen molar-refractivity contribution in [2.24, 2.45) is 7.05 Å². The molecule has 2 heterocycles. The summed E-state index contributed by atoms with van der Waals surface area (Å²) in [5.41, 5.74) is 1.80. The second kappa shape index (κ2) is 7.46. The molecule has 3 rings (SSSR count). The van der Waals surface area contributed by atoms with Gasteiger partial charge in [0.15, 0.2) is 0 Å². The van der Waals surface area contributed by atoms with Gasteiger partial charge in [-0.15, -0.1) is 0 Å². The molecule has 0 saturated carbocycles. The van der Waals surface area contributed by atoms with Crippen molar-refractivity contribution in [1.82, 2.24) is 19.0 Å². The van der Waals surface area contributed by atoms with E-state index in [9.17, 15) is 13.2 Å². The van der Waals surface area contributed by atoms with E-state index < -0.39 is 10.0 Å². The molecule has 0 aliphatic carbocycles. The van der Waals surface area contributed by atoms with Gasteiger partial charge >= 0.3 is 6.03 Å². The predicted octanol–water partition coefficient (Wildman–Crippen LogP) is 1.66. The molecule has 1 N–H and O–H groups in total. The van der Waals surface area contributed by atoms with Crippen molar-refractivity contribution >= 4 is 21.7 Å². The Balaban J connectivity index is 1.65. The Morgan fingerprint density at radius 1 is 1.19 bits per heavy atom. The summed E-state index contributed by atoms with van der Waals surface area (Å²) in [6.45, 7) is 3.46. The molecule has 0 radical (unpaired) electrons. The van der Waals surface area contributed by atoms with Gasteiger partial charge in [-0.2, -0.15) is 9.40 Å². The Labute approximate surface area is 153 Å². The Morgan fingerprint density at radius 3 is 2.69 bits per heavy atom. The van der Waals surface area contributed by atoms with Crippen LogP contribution in [0.2, 0.25) is 0 Å². The predicted molar refractivity (Wildman–Crippen MR) is 98.4 cm³/mol. The van der Waals surface area contributed by atoms with Crippen molar-refractivity contribution in [3.63, 3.8) is 0 Å². The van der Waals surface area contributed by atoms with Gasteiger partial charge in [0.2, 0.25) is 10.0 Å². The van der Waals surface area contributed by atoms with E-state index in [2.05, 4.69) is 10.4 Å². The molecule has 26 heavy (non-hydrogen) atoms. The van der Waals surface area contributed by atoms with Crippen molar-refractivity contribution in [1.29, 1.82) is 0 Å². The van der Waals surface area contributed by atoms with E-state index in [0.29, 0.717) is 26.1 Å². The molecule has 1 aliphatic heterocycles. The maximum atomic E-state index is 12.7. The van der Waals surface area contributed by atoms with Crippen LogP contribution in [0.25, 0.3) is 0 Å². The molecule has 1 aromatic heterocycles. The van der Waals surface area contributed by atoms with E-state index in [-0.39, 0.29) is 17.5 Å². The number of aryl methyl sites for hydroxylation is 2. The van der Waals surface area contributed by atoms with E-state index in [0.717, 1.165) is 11.3 Å². The summed E-state index contributed by atoms with van der Waals surface area (Å²) in [5, 5.41) is 6.81. The number of nitrogens with zero attached hydrogens (tertiary/aromatic N) is 4. The fraction of sp³-hybridized carbons (Fsp3) is 0.412. The number of carbonyl (C=O) groups excluding carboxylic acids is 1. The van der Waals surface area contributed by atoms with Crippen LogP contribution in [-0.4, -0.2) is 59.6 Å². The number of hydrogen-bond acceptors (Lipinski definition) is 4. The zero-order chi connectivity index (χ0) is 18.7. The number of nitrogens with one attached hydrogen (secondary N) is 1. The molecule has 0 bridgehead atoms. The maximum Gasteiger partial charge on any atom is 0.321 e. The highest BCUT2D eigenvalue weighted by Gasteiger charge is 2.29. The van der Waals surface area contributed by atoms with Crippen LogP contribution >= 0.6 is 0 Å². The first-order valence-corrected chi connectivity index (χ1v) is 9.92. The monoisotopic (exact) mass is 377 g/mol. The summed E-state index contributed by atoms with van der Waals surface area (Å²) in [6.07, 6.45) is 3.42. The molecule has 0 unspecified atom stereocenters. The number of urea groups is 1. The molecule has 0 atom stereocenters. The second-order valence-electron chi connectivity index (χ2n) is 6.39. The number of rotatable bonds is 3. The number of anilines is 1. The van der Waals surface area contributed by atoms with Gasteiger partial charge < -0.3 is 10.2 Å². The van der Waals surface area contributed by atoms with Crippen molar-refractivity contribution in [2.45, 2.75) is 18.2 Å². The van der Waals surface area contributed by atoms with Crippen LogP contribution in [0.5, 0.6) is 0 Å². The SMILES string of the molecule is Cc1cccc(NC(=O)N2CCCN(S(=O)(=O)c3cnn(C)c3)CC2)c1. The van der Waals surface area contributed by atoms with Crippen LogP contribution in [-0.2, 0) is 17.1 Å². The lowest BCUT2D eigenvalue weighted by atomic mass is 10.2. The minimum atomic E-state index is -3.59. The number of sulfonamides is 1. The first kappa shape index (κ1) is 18.4. The average molecular weight is 377 g/mol. The second-order valence-corrected chi connectivity index (χ2v) is 8.33. The Kier molecular flexibility index (Phi) is 5.28. The maximum absolute atomic E-state index is 12.7. The van der Waals surface area contributed by atoms with Gasteiger partial charge in [-0.05, 0) is 31.0 Å². The Morgan fingerprint density at radius 2 is 2.00 bits per heavy atom. The van der Waals surface area contributed by atoms with Crippen molar-refractivity contribution in [2.75, 3.05) is 31.5 Å². The third-order valence-electron chi connectivity index (χ3n) is 4.33. The van der Waals surface area contributed by atoms with Crippen molar-refractivity contribution < 1.29 is 13.2 Å². The molecule has 8 nitrogen and oxygen atoms in total. The summed E-state index contributed by atoms with van der Waals surface area (Å²) in [5.74, 6) is 0. The largest absolute Gasteiger partial charge is 0.323 e. The molecule has 140 valence electrons. The summed E-state index contributed by atoms with van der Waals surface area (Å²) in [4.78, 5) is 14.3. The zero-order valence-corrected chi connectivity index (χ0v) is 15.7. The minimum Gasteiger partial charge on any atom is -0.323 e. The summed E-state index contributed by atoms with van der Waals surface area (Å²) < 4.78 is 28.3. The molecular formula is C17H23N5O3S. The lowest BCUT2D eigenvalue weighted by molar-refractivity contribution is 0.214. The average Bonchev–Trinajstić information content (AvgIpc) is 2.88. The highest BCUT2D eigenvalue weighted by atomic mass is 32.2. The molecule has 0 spiro atoms. The third-order valence-corrected chi connectivity index (χ3v) is 6.18. The fourth-order valence-electron chi connectivity index (χ4n) is 2.94. The van der Waals surface area contributed by atoms with E-state index in [1.807, 2.05) is 31.2 Å². The number of hydrogen-bond donors (Lipinski definition) is 1. The standard InChI is InChI=1S/C17H23N5O3S/c1-14-5-3-6-15(11-14)19-17(23)21-7-4-8-22(10-9-21)26(24,25)16-12-18-20(2)13-16/h3,5-6,11-13H,4,7-10H2,1-2H3,(H,19,23). The quantitative estimate of drug-likeness (QED) is 0.881. The normalized spacial score (nSPS) is 16.3. The highest BCUT2D eigenvalue weighted by Crippen LogP contribution is 2.17. The molecule has 1 saturated heterocycles. The molecule has 1 aliphatic rings. The third kappa shape index (κ3) is 4.05. The van der Waals surface area contributed by atoms with Crippen LogP contribution in [0.4, 0.5) is 10.5 Å². The number of benzene rings is 1. The van der Waals surface area contributed by atoms with Crippen LogP contribution < -0.4 is 5.32 Å². The van der Waals surface area contributed by atoms with Crippen molar-refractivity contribution in [3.05, 3.63) is 42.2 Å². The van der Waals surface area contributed by atoms with Crippen LogP contribution in [0.15, 0.2) is 41.6 Å². The van der Waals surface area contributed by atoms with Gasteiger partial charge in [0.25, 0.3) is 0 Å². The van der Waals surface area contributed by atoms with E-state index in [1.54, 1.807) is 11.9 Å². The minimum absolute atomic E-state index is 0.178. The molecule has 9 heteroatoms. The Hall–Kier alpha value is -2.39. The smallest absolute Gasteiger partial charge is 0.321 e. The topological polar surface area (TPSA) is 87.5 Å². The van der Waals surface area contributed by atoms with Gasteiger partial charge in [-0.1, -0.05) is 12.1 Å².